The predicted molar refractivity (Wildman–Crippen MR) is 115 cm³/mol. The molecule has 0 aliphatic carbocycles. The number of ether oxygens (including phenoxy) is 3. The van der Waals surface area contributed by atoms with E-state index in [-0.39, 0.29) is 30.4 Å². The Labute approximate surface area is 183 Å². The second-order valence-corrected chi connectivity index (χ2v) is 6.87. The van der Waals surface area contributed by atoms with Gasteiger partial charge in [0, 0.05) is 16.8 Å². The van der Waals surface area contributed by atoms with Crippen LogP contribution < -0.4 is 10.2 Å². The number of nitrogens with zero attached hydrogens (tertiary/aromatic N) is 1. The fourth-order valence-corrected chi connectivity index (χ4v) is 3.39. The number of nitrogens with one attached hydrogen (secondary N) is 1. The highest BCUT2D eigenvalue weighted by Crippen LogP contribution is 2.29. The number of anilines is 2. The maximum atomic E-state index is 12.7. The molecule has 1 aliphatic rings. The van der Waals surface area contributed by atoms with Crippen LogP contribution in [0.5, 0.6) is 0 Å². The molecule has 1 aromatic heterocycles. The van der Waals surface area contributed by atoms with Gasteiger partial charge in [-0.05, 0) is 30.3 Å². The maximum Gasteiger partial charge on any atom is 0.355 e. The highest BCUT2D eigenvalue weighted by molar-refractivity contribution is 6.05. The van der Waals surface area contributed by atoms with Crippen LogP contribution in [0.2, 0.25) is 0 Å². The maximum absolute atomic E-state index is 12.7. The topological polar surface area (TPSA) is 107 Å². The summed E-state index contributed by atoms with van der Waals surface area (Å²) < 4.78 is 20.7. The number of fused-ring (bicyclic) bond motifs is 1. The van der Waals surface area contributed by atoms with E-state index in [0.717, 1.165) is 5.39 Å². The molecule has 4 rings (SSSR count). The number of methoxy groups -OCH3 is 2. The number of carbonyl (C=O) groups excluding carboxylic acids is 3. The molecule has 0 atom stereocenters. The number of hydrogen-bond donors (Lipinski definition) is 1. The Balaban J connectivity index is 1.63. The lowest BCUT2D eigenvalue weighted by Crippen LogP contribution is -2.38. The molecule has 1 N–H and O–H groups in total. The molecule has 1 aliphatic heterocycles. The largest absolute Gasteiger partial charge is 0.466 e. The lowest BCUT2D eigenvalue weighted by atomic mass is 10.1. The number of hydrogen-bond acceptors (Lipinski definition) is 8. The zero-order chi connectivity index (χ0) is 22.7. The zero-order valence-electron chi connectivity index (χ0n) is 17.4. The first-order chi connectivity index (χ1) is 15.5. The van der Waals surface area contributed by atoms with Crippen molar-refractivity contribution in [3.63, 3.8) is 0 Å². The number of carbonyl (C=O) groups is 3. The molecular formula is C23H20N2O7. The molecule has 3 aromatic rings. The number of para-hydroxylation sites is 1. The molecule has 0 spiro atoms. The van der Waals surface area contributed by atoms with Crippen molar-refractivity contribution < 1.29 is 33.0 Å². The Morgan fingerprint density at radius 2 is 1.75 bits per heavy atom. The van der Waals surface area contributed by atoms with Crippen LogP contribution in [0.4, 0.5) is 11.4 Å². The summed E-state index contributed by atoms with van der Waals surface area (Å²) in [7, 11) is 2.44. The number of benzene rings is 2. The molecule has 0 bridgehead atoms. The summed E-state index contributed by atoms with van der Waals surface area (Å²) >= 11 is 0. The minimum atomic E-state index is -0.703. The van der Waals surface area contributed by atoms with Gasteiger partial charge < -0.3 is 28.8 Å². The Morgan fingerprint density at radius 3 is 2.50 bits per heavy atom. The first-order valence-electron chi connectivity index (χ1n) is 9.67. The summed E-state index contributed by atoms with van der Waals surface area (Å²) in [4.78, 5) is 38.8. The summed E-state index contributed by atoms with van der Waals surface area (Å²) in [5, 5.41) is 3.60. The molecule has 1 amide bonds. The van der Waals surface area contributed by atoms with Crippen LogP contribution in [-0.4, -0.2) is 45.4 Å². The third-order valence-electron chi connectivity index (χ3n) is 4.90. The SMILES string of the molecule is COC(=O)C1=C(C(=O)OC)N(c2cccc(NC(=O)c3cc4ccccc4o3)c2)COC1. The van der Waals surface area contributed by atoms with Crippen molar-refractivity contribution in [1.82, 2.24) is 0 Å². The van der Waals surface area contributed by atoms with Crippen molar-refractivity contribution in [2.24, 2.45) is 0 Å². The van der Waals surface area contributed by atoms with Gasteiger partial charge in [-0.25, -0.2) is 9.59 Å². The fraction of sp³-hybridized carbons (Fsp3) is 0.174. The van der Waals surface area contributed by atoms with Gasteiger partial charge in [0.1, 0.15) is 18.0 Å². The van der Waals surface area contributed by atoms with Crippen LogP contribution in [0.15, 0.2) is 70.3 Å². The van der Waals surface area contributed by atoms with Crippen molar-refractivity contribution in [2.75, 3.05) is 37.8 Å². The lowest BCUT2D eigenvalue weighted by molar-refractivity contribution is -0.140. The van der Waals surface area contributed by atoms with Gasteiger partial charge in [-0.3, -0.25) is 4.79 Å². The molecule has 0 saturated heterocycles. The molecular weight excluding hydrogens is 416 g/mol. The van der Waals surface area contributed by atoms with Gasteiger partial charge in [-0.1, -0.05) is 24.3 Å². The molecule has 32 heavy (non-hydrogen) atoms. The van der Waals surface area contributed by atoms with Crippen LogP contribution in [-0.2, 0) is 23.8 Å². The molecule has 0 fully saturated rings. The Hall–Kier alpha value is -4.11. The van der Waals surface area contributed by atoms with Crippen LogP contribution in [0, 0.1) is 0 Å². The van der Waals surface area contributed by atoms with Gasteiger partial charge in [-0.15, -0.1) is 0 Å². The number of furan rings is 1. The number of rotatable bonds is 5. The van der Waals surface area contributed by atoms with Gasteiger partial charge in [-0.2, -0.15) is 0 Å². The van der Waals surface area contributed by atoms with E-state index in [1.807, 2.05) is 18.2 Å². The van der Waals surface area contributed by atoms with Crippen molar-refractivity contribution in [3.05, 3.63) is 71.6 Å². The summed E-state index contributed by atoms with van der Waals surface area (Å²) in [6.45, 7) is -0.0814. The standard InChI is InChI=1S/C23H20N2O7/c1-29-22(27)17-12-31-13-25(20(17)23(28)30-2)16-8-5-7-15(11-16)24-21(26)19-10-14-6-3-4-9-18(14)32-19/h3-11H,12-13H2,1-2H3,(H,24,26). The van der Waals surface area contributed by atoms with Gasteiger partial charge in [0.15, 0.2) is 5.76 Å². The van der Waals surface area contributed by atoms with Gasteiger partial charge in [0.05, 0.1) is 26.4 Å². The van der Waals surface area contributed by atoms with Crippen LogP contribution in [0.25, 0.3) is 11.0 Å². The Kier molecular flexibility index (Phi) is 5.91. The molecule has 0 radical (unpaired) electrons. The second kappa shape index (κ2) is 8.94. The lowest BCUT2D eigenvalue weighted by Gasteiger charge is -2.31. The normalized spacial score (nSPS) is 13.8. The summed E-state index contributed by atoms with van der Waals surface area (Å²) in [5.41, 5.74) is 1.64. The van der Waals surface area contributed by atoms with E-state index in [1.54, 1.807) is 36.4 Å². The number of amides is 1. The minimum Gasteiger partial charge on any atom is -0.466 e. The highest BCUT2D eigenvalue weighted by Gasteiger charge is 2.32. The fourth-order valence-electron chi connectivity index (χ4n) is 3.39. The van der Waals surface area contributed by atoms with E-state index in [0.29, 0.717) is 17.0 Å². The average Bonchev–Trinajstić information content (AvgIpc) is 3.27. The average molecular weight is 436 g/mol. The quantitative estimate of drug-likeness (QED) is 0.608. The highest BCUT2D eigenvalue weighted by atomic mass is 16.5. The van der Waals surface area contributed by atoms with Gasteiger partial charge in [0.25, 0.3) is 5.91 Å². The summed E-state index contributed by atoms with van der Waals surface area (Å²) in [6, 6.07) is 15.7. The molecule has 9 heteroatoms. The van der Waals surface area contributed by atoms with Crippen molar-refractivity contribution in [2.45, 2.75) is 0 Å². The molecule has 0 unspecified atom stereocenters. The first kappa shape index (κ1) is 21.1. The monoisotopic (exact) mass is 436 g/mol. The Morgan fingerprint density at radius 1 is 0.969 bits per heavy atom. The third-order valence-corrected chi connectivity index (χ3v) is 4.90. The van der Waals surface area contributed by atoms with Crippen molar-refractivity contribution >= 4 is 40.2 Å². The second-order valence-electron chi connectivity index (χ2n) is 6.87. The van der Waals surface area contributed by atoms with E-state index in [4.69, 9.17) is 18.6 Å². The third kappa shape index (κ3) is 4.06. The van der Waals surface area contributed by atoms with Crippen LogP contribution in [0.3, 0.4) is 0 Å². The first-order valence-corrected chi connectivity index (χ1v) is 9.67. The molecule has 2 heterocycles. The van der Waals surface area contributed by atoms with E-state index in [9.17, 15) is 14.4 Å². The van der Waals surface area contributed by atoms with E-state index in [2.05, 4.69) is 5.32 Å². The van der Waals surface area contributed by atoms with Gasteiger partial charge in [0.2, 0.25) is 0 Å². The van der Waals surface area contributed by atoms with Gasteiger partial charge >= 0.3 is 11.9 Å². The van der Waals surface area contributed by atoms with Crippen LogP contribution in [0.1, 0.15) is 10.6 Å². The summed E-state index contributed by atoms with van der Waals surface area (Å²) in [6.07, 6.45) is 0. The predicted octanol–water partition coefficient (Wildman–Crippen LogP) is 3.08. The molecule has 9 nitrogen and oxygen atoms in total. The molecule has 2 aromatic carbocycles. The molecule has 164 valence electrons. The van der Waals surface area contributed by atoms with Crippen molar-refractivity contribution in [3.8, 4) is 0 Å². The zero-order valence-corrected chi connectivity index (χ0v) is 17.4. The van der Waals surface area contributed by atoms with E-state index >= 15 is 0 Å². The Bertz CT molecular complexity index is 1190. The number of esters is 2. The smallest absolute Gasteiger partial charge is 0.355 e. The summed E-state index contributed by atoms with van der Waals surface area (Å²) in [5.74, 6) is -1.65. The van der Waals surface area contributed by atoms with Crippen LogP contribution >= 0.6 is 0 Å². The molecule has 0 saturated carbocycles. The van der Waals surface area contributed by atoms with Crippen molar-refractivity contribution in [1.29, 1.82) is 0 Å². The van der Waals surface area contributed by atoms with E-state index in [1.165, 1.54) is 19.1 Å². The van der Waals surface area contributed by atoms with E-state index < -0.39 is 17.8 Å². The minimum absolute atomic E-state index is 0.00585.